The molecule has 1 aliphatic heterocycles. The van der Waals surface area contributed by atoms with Crippen molar-refractivity contribution >= 4 is 5.91 Å². The van der Waals surface area contributed by atoms with Gasteiger partial charge in [-0.3, -0.25) is 4.79 Å². The Bertz CT molecular complexity index is 454. The van der Waals surface area contributed by atoms with E-state index in [0.29, 0.717) is 6.54 Å². The SMILES string of the molecule is Cn1cnnc1C1CCCN(C(=O)C(C)(C)CN)C1. The Morgan fingerprint density at radius 3 is 2.89 bits per heavy atom. The Kier molecular flexibility index (Phi) is 3.89. The molecule has 1 amide bonds. The predicted octanol–water partition coefficient (Wildman–Crippen LogP) is 0.506. The maximum Gasteiger partial charge on any atom is 0.229 e. The third-order valence-electron chi connectivity index (χ3n) is 3.91. The second-order valence-electron chi connectivity index (χ2n) is 5.98. The smallest absolute Gasteiger partial charge is 0.229 e. The molecule has 1 unspecified atom stereocenters. The van der Waals surface area contributed by atoms with Crippen LogP contribution in [-0.4, -0.2) is 45.2 Å². The van der Waals surface area contributed by atoms with Crippen LogP contribution < -0.4 is 5.73 Å². The number of piperidine rings is 1. The minimum absolute atomic E-state index is 0.141. The molecule has 1 aromatic rings. The van der Waals surface area contributed by atoms with Crippen LogP contribution in [0.1, 0.15) is 38.4 Å². The van der Waals surface area contributed by atoms with Gasteiger partial charge >= 0.3 is 0 Å². The van der Waals surface area contributed by atoms with Gasteiger partial charge in [0.05, 0.1) is 5.41 Å². The number of nitrogens with two attached hydrogens (primary N) is 1. The molecule has 1 fully saturated rings. The summed E-state index contributed by atoms with van der Waals surface area (Å²) < 4.78 is 1.94. The average Bonchev–Trinajstić information content (AvgIpc) is 2.84. The van der Waals surface area contributed by atoms with Gasteiger partial charge in [0, 0.05) is 32.6 Å². The number of hydrogen-bond donors (Lipinski definition) is 1. The molecule has 1 aromatic heterocycles. The van der Waals surface area contributed by atoms with Crippen molar-refractivity contribution in [3.05, 3.63) is 12.2 Å². The maximum atomic E-state index is 12.5. The number of aromatic nitrogens is 3. The number of nitrogens with zero attached hydrogens (tertiary/aromatic N) is 4. The summed E-state index contributed by atoms with van der Waals surface area (Å²) in [6, 6.07) is 0. The fraction of sp³-hybridized carbons (Fsp3) is 0.769. The average molecular weight is 265 g/mol. The van der Waals surface area contributed by atoms with Crippen LogP contribution in [0.5, 0.6) is 0 Å². The fourth-order valence-electron chi connectivity index (χ4n) is 2.55. The maximum absolute atomic E-state index is 12.5. The van der Waals surface area contributed by atoms with Crippen molar-refractivity contribution in [2.24, 2.45) is 18.2 Å². The number of carbonyl (C=O) groups excluding carboxylic acids is 1. The molecule has 6 heteroatoms. The molecule has 6 nitrogen and oxygen atoms in total. The molecule has 0 spiro atoms. The number of amides is 1. The van der Waals surface area contributed by atoms with Crippen LogP contribution in [0.15, 0.2) is 6.33 Å². The number of aryl methyl sites for hydroxylation is 1. The lowest BCUT2D eigenvalue weighted by Gasteiger charge is -2.36. The van der Waals surface area contributed by atoms with Gasteiger partial charge in [-0.05, 0) is 26.7 Å². The molecule has 1 atom stereocenters. The summed E-state index contributed by atoms with van der Waals surface area (Å²) in [5, 5.41) is 8.09. The lowest BCUT2D eigenvalue weighted by molar-refractivity contribution is -0.141. The molecule has 1 aliphatic rings. The molecule has 1 saturated heterocycles. The first-order valence-electron chi connectivity index (χ1n) is 6.79. The first-order chi connectivity index (χ1) is 8.95. The van der Waals surface area contributed by atoms with Crippen LogP contribution in [0.4, 0.5) is 0 Å². The predicted molar refractivity (Wildman–Crippen MR) is 72.4 cm³/mol. The summed E-state index contributed by atoms with van der Waals surface area (Å²) in [4.78, 5) is 14.4. The highest BCUT2D eigenvalue weighted by Crippen LogP contribution is 2.28. The molecule has 0 aromatic carbocycles. The van der Waals surface area contributed by atoms with Crippen LogP contribution >= 0.6 is 0 Å². The number of rotatable bonds is 3. The van der Waals surface area contributed by atoms with E-state index in [9.17, 15) is 4.79 Å². The highest BCUT2D eigenvalue weighted by molar-refractivity contribution is 5.82. The third kappa shape index (κ3) is 2.78. The van der Waals surface area contributed by atoms with Gasteiger partial charge in [-0.15, -0.1) is 10.2 Å². The van der Waals surface area contributed by atoms with Gasteiger partial charge in [0.25, 0.3) is 0 Å². The summed E-state index contributed by atoms with van der Waals surface area (Å²) in [6.07, 6.45) is 3.77. The number of likely N-dealkylation sites (tertiary alicyclic amines) is 1. The summed E-state index contributed by atoms with van der Waals surface area (Å²) >= 11 is 0. The van der Waals surface area contributed by atoms with Crippen molar-refractivity contribution in [3.8, 4) is 0 Å². The Morgan fingerprint density at radius 1 is 1.58 bits per heavy atom. The number of carbonyl (C=O) groups is 1. The number of hydrogen-bond acceptors (Lipinski definition) is 4. The summed E-state index contributed by atoms with van der Waals surface area (Å²) in [6.45, 7) is 5.71. The largest absolute Gasteiger partial charge is 0.341 e. The second kappa shape index (κ2) is 5.28. The molecule has 2 heterocycles. The second-order valence-corrected chi connectivity index (χ2v) is 5.98. The van der Waals surface area contributed by atoms with E-state index in [1.54, 1.807) is 6.33 Å². The minimum Gasteiger partial charge on any atom is -0.341 e. The monoisotopic (exact) mass is 265 g/mol. The van der Waals surface area contributed by atoms with Gasteiger partial charge in [-0.2, -0.15) is 0 Å². The molecule has 2 N–H and O–H groups in total. The van der Waals surface area contributed by atoms with E-state index in [-0.39, 0.29) is 11.8 Å². The topological polar surface area (TPSA) is 77.0 Å². The first kappa shape index (κ1) is 14.0. The van der Waals surface area contributed by atoms with Crippen LogP contribution in [0.3, 0.4) is 0 Å². The van der Waals surface area contributed by atoms with E-state index in [1.165, 1.54) is 0 Å². The van der Waals surface area contributed by atoms with E-state index in [4.69, 9.17) is 5.73 Å². The zero-order valence-electron chi connectivity index (χ0n) is 12.0. The van der Waals surface area contributed by atoms with Crippen LogP contribution in [0.2, 0.25) is 0 Å². The van der Waals surface area contributed by atoms with Crippen molar-refractivity contribution < 1.29 is 4.79 Å². The van der Waals surface area contributed by atoms with E-state index in [1.807, 2.05) is 30.4 Å². The molecule has 0 radical (unpaired) electrons. The Labute approximate surface area is 114 Å². The standard InChI is InChI=1S/C13H23N5O/c1-13(2,8-14)12(19)18-6-4-5-10(7-18)11-16-15-9-17(11)3/h9-10H,4-8,14H2,1-3H3. The molecule has 106 valence electrons. The van der Waals surface area contributed by atoms with Gasteiger partial charge in [-0.25, -0.2) is 0 Å². The first-order valence-corrected chi connectivity index (χ1v) is 6.79. The molecule has 2 rings (SSSR count). The van der Waals surface area contributed by atoms with E-state index in [0.717, 1.165) is 31.8 Å². The summed E-state index contributed by atoms with van der Waals surface area (Å²) in [5.74, 6) is 1.38. The van der Waals surface area contributed by atoms with Crippen LogP contribution in [-0.2, 0) is 11.8 Å². The van der Waals surface area contributed by atoms with E-state index < -0.39 is 5.41 Å². The van der Waals surface area contributed by atoms with Crippen molar-refractivity contribution in [3.63, 3.8) is 0 Å². The third-order valence-corrected chi connectivity index (χ3v) is 3.91. The normalized spacial score (nSPS) is 20.6. The van der Waals surface area contributed by atoms with Crippen LogP contribution in [0.25, 0.3) is 0 Å². The highest BCUT2D eigenvalue weighted by Gasteiger charge is 2.34. The van der Waals surface area contributed by atoms with E-state index >= 15 is 0 Å². The van der Waals surface area contributed by atoms with Crippen molar-refractivity contribution in [1.82, 2.24) is 19.7 Å². The van der Waals surface area contributed by atoms with Gasteiger partial charge in [-0.1, -0.05) is 0 Å². The molecule has 0 saturated carbocycles. The van der Waals surface area contributed by atoms with Crippen molar-refractivity contribution in [2.45, 2.75) is 32.6 Å². The molecular weight excluding hydrogens is 242 g/mol. The highest BCUT2D eigenvalue weighted by atomic mass is 16.2. The van der Waals surface area contributed by atoms with Gasteiger partial charge < -0.3 is 15.2 Å². The molecule has 0 aliphatic carbocycles. The van der Waals surface area contributed by atoms with Crippen LogP contribution in [0, 0.1) is 5.41 Å². The van der Waals surface area contributed by atoms with Gasteiger partial charge in [0.1, 0.15) is 12.2 Å². The quantitative estimate of drug-likeness (QED) is 0.863. The van der Waals surface area contributed by atoms with Crippen molar-refractivity contribution in [1.29, 1.82) is 0 Å². The van der Waals surface area contributed by atoms with Gasteiger partial charge in [0.2, 0.25) is 5.91 Å². The molecule has 0 bridgehead atoms. The summed E-state index contributed by atoms with van der Waals surface area (Å²) in [5.41, 5.74) is 5.21. The zero-order chi connectivity index (χ0) is 14.0. The Morgan fingerprint density at radius 2 is 2.32 bits per heavy atom. The lowest BCUT2D eigenvalue weighted by atomic mass is 9.89. The fourth-order valence-corrected chi connectivity index (χ4v) is 2.55. The lowest BCUT2D eigenvalue weighted by Crippen LogP contribution is -2.48. The Hall–Kier alpha value is -1.43. The molecule has 19 heavy (non-hydrogen) atoms. The van der Waals surface area contributed by atoms with Crippen molar-refractivity contribution in [2.75, 3.05) is 19.6 Å². The zero-order valence-corrected chi connectivity index (χ0v) is 12.0. The van der Waals surface area contributed by atoms with Gasteiger partial charge in [0.15, 0.2) is 0 Å². The summed E-state index contributed by atoms with van der Waals surface area (Å²) in [7, 11) is 1.94. The van der Waals surface area contributed by atoms with E-state index in [2.05, 4.69) is 10.2 Å². The minimum atomic E-state index is -0.484. The molecular formula is C13H23N5O. The Balaban J connectivity index is 2.10.